The lowest BCUT2D eigenvalue weighted by molar-refractivity contribution is -0.877. The molecule has 6 nitrogen and oxygen atoms in total. The van der Waals surface area contributed by atoms with Crippen LogP contribution in [0.4, 0.5) is 0 Å². The maximum atomic E-state index is 12.5. The van der Waals surface area contributed by atoms with Gasteiger partial charge in [-0.1, -0.05) is 37.3 Å². The Morgan fingerprint density at radius 2 is 2.12 bits per heavy atom. The van der Waals surface area contributed by atoms with Gasteiger partial charge in [0.1, 0.15) is 18.8 Å². The lowest BCUT2D eigenvalue weighted by Gasteiger charge is -2.40. The first kappa shape index (κ1) is 17.1. The molecule has 0 aromatic heterocycles. The summed E-state index contributed by atoms with van der Waals surface area (Å²) in [4.78, 5) is 12.5. The van der Waals surface area contributed by atoms with E-state index in [1.807, 2.05) is 6.07 Å². The maximum absolute atomic E-state index is 12.5. The minimum absolute atomic E-state index is 0.0715. The van der Waals surface area contributed by atoms with Crippen molar-refractivity contribution in [2.75, 3.05) is 19.7 Å². The van der Waals surface area contributed by atoms with Crippen molar-refractivity contribution in [1.29, 1.82) is 0 Å². The van der Waals surface area contributed by atoms with Crippen LogP contribution in [-0.2, 0) is 15.1 Å². The number of quaternary nitrogens is 1. The van der Waals surface area contributed by atoms with Crippen LogP contribution in [-0.4, -0.2) is 52.7 Å². The number of nitrogens with zero attached hydrogens (tertiary/aromatic N) is 1. The third-order valence-corrected chi connectivity index (χ3v) is 5.19. The molecule has 0 bridgehead atoms. The lowest BCUT2D eigenvalue weighted by atomic mass is 9.91. The van der Waals surface area contributed by atoms with Crippen molar-refractivity contribution < 1.29 is 24.4 Å². The summed E-state index contributed by atoms with van der Waals surface area (Å²) < 4.78 is 4.85. The van der Waals surface area contributed by atoms with Gasteiger partial charge in [-0.3, -0.25) is 0 Å². The van der Waals surface area contributed by atoms with Gasteiger partial charge in [0, 0.05) is 12.0 Å². The van der Waals surface area contributed by atoms with Gasteiger partial charge in [0.25, 0.3) is 0 Å². The Bertz CT molecular complexity index is 646. The molecule has 2 N–H and O–H groups in total. The van der Waals surface area contributed by atoms with Crippen molar-refractivity contribution in [3.8, 4) is 0 Å². The third-order valence-electron chi connectivity index (χ3n) is 5.19. The predicted octanol–water partition coefficient (Wildman–Crippen LogP) is 1.22. The van der Waals surface area contributed by atoms with Gasteiger partial charge < -0.3 is 24.8 Å². The van der Waals surface area contributed by atoms with Gasteiger partial charge >= 0.3 is 5.97 Å². The number of ether oxygens (including phenoxy) is 1. The number of rotatable bonds is 5. The molecule has 24 heavy (non-hydrogen) atoms. The van der Waals surface area contributed by atoms with E-state index in [4.69, 9.17) is 4.74 Å². The highest BCUT2D eigenvalue weighted by molar-refractivity contribution is 5.81. The Hall–Kier alpha value is -1.73. The summed E-state index contributed by atoms with van der Waals surface area (Å²) in [5.74, 6) is -0.736. The molecule has 1 unspecified atom stereocenters. The van der Waals surface area contributed by atoms with Gasteiger partial charge in [-0.05, 0) is 18.1 Å². The Labute approximate surface area is 141 Å². The fourth-order valence-electron chi connectivity index (χ4n) is 3.70. The van der Waals surface area contributed by atoms with Gasteiger partial charge in [0.2, 0.25) is 0 Å². The second-order valence-corrected chi connectivity index (χ2v) is 6.59. The van der Waals surface area contributed by atoms with Gasteiger partial charge in [-0.15, -0.1) is 0 Å². The van der Waals surface area contributed by atoms with Gasteiger partial charge in [0.05, 0.1) is 13.1 Å². The normalized spacial score (nSPS) is 31.2. The maximum Gasteiger partial charge on any atom is 0.343 e. The predicted molar refractivity (Wildman–Crippen MR) is 87.4 cm³/mol. The van der Waals surface area contributed by atoms with E-state index in [2.05, 4.69) is 0 Å². The zero-order valence-electron chi connectivity index (χ0n) is 13.7. The summed E-state index contributed by atoms with van der Waals surface area (Å²) in [6, 6.07) is 8.12. The monoisotopic (exact) mass is 333 g/mol. The molecule has 1 saturated heterocycles. The molecule has 130 valence electrons. The van der Waals surface area contributed by atoms with Crippen LogP contribution in [0.3, 0.4) is 0 Å². The minimum Gasteiger partial charge on any atom is -0.632 e. The summed E-state index contributed by atoms with van der Waals surface area (Å²) in [6.07, 6.45) is 1.69. The second kappa shape index (κ2) is 6.29. The SMILES string of the molecule is CC[C@](O)(C(=O)OCC1=CC[N+]2([O-])CC[C@H](O)[C@@H]12)c1ccccc1. The molecule has 1 fully saturated rings. The zero-order valence-corrected chi connectivity index (χ0v) is 13.7. The Morgan fingerprint density at radius 1 is 1.42 bits per heavy atom. The van der Waals surface area contributed by atoms with Crippen LogP contribution >= 0.6 is 0 Å². The molecule has 4 atom stereocenters. The van der Waals surface area contributed by atoms with Crippen molar-refractivity contribution in [2.45, 2.75) is 37.5 Å². The zero-order chi connectivity index (χ0) is 17.4. The molecule has 1 aromatic carbocycles. The first-order valence-electron chi connectivity index (χ1n) is 8.30. The first-order chi connectivity index (χ1) is 11.4. The van der Waals surface area contributed by atoms with E-state index in [0.29, 0.717) is 30.6 Å². The fourth-order valence-corrected chi connectivity index (χ4v) is 3.70. The average Bonchev–Trinajstić information content (AvgIpc) is 3.09. The van der Waals surface area contributed by atoms with Crippen LogP contribution < -0.4 is 0 Å². The summed E-state index contributed by atoms with van der Waals surface area (Å²) in [7, 11) is 0. The van der Waals surface area contributed by atoms with Crippen molar-refractivity contribution in [3.63, 3.8) is 0 Å². The molecule has 0 spiro atoms. The van der Waals surface area contributed by atoms with Crippen LogP contribution in [0.5, 0.6) is 0 Å². The van der Waals surface area contributed by atoms with Crippen LogP contribution in [0.1, 0.15) is 25.3 Å². The number of esters is 1. The number of carbonyl (C=O) groups excluding carboxylic acids is 1. The van der Waals surface area contributed by atoms with E-state index in [1.165, 1.54) is 0 Å². The van der Waals surface area contributed by atoms with Crippen LogP contribution in [0.25, 0.3) is 0 Å². The lowest BCUT2D eigenvalue weighted by Crippen LogP contribution is -2.47. The van der Waals surface area contributed by atoms with Crippen molar-refractivity contribution in [3.05, 3.63) is 52.8 Å². The molecule has 1 aromatic rings. The van der Waals surface area contributed by atoms with E-state index in [1.54, 1.807) is 37.3 Å². The Kier molecular flexibility index (Phi) is 4.48. The molecule has 6 heteroatoms. The molecule has 3 rings (SSSR count). The Balaban J connectivity index is 1.69. The number of hydrogen-bond acceptors (Lipinski definition) is 5. The van der Waals surface area contributed by atoms with E-state index in [-0.39, 0.29) is 13.0 Å². The molecule has 2 aliphatic heterocycles. The van der Waals surface area contributed by atoms with Gasteiger partial charge in [0.15, 0.2) is 5.60 Å². The van der Waals surface area contributed by atoms with Gasteiger partial charge in [-0.25, -0.2) is 4.79 Å². The number of fused-ring (bicyclic) bond motifs is 1. The van der Waals surface area contributed by atoms with Crippen molar-refractivity contribution >= 4 is 5.97 Å². The van der Waals surface area contributed by atoms with Crippen molar-refractivity contribution in [2.24, 2.45) is 0 Å². The summed E-state index contributed by atoms with van der Waals surface area (Å²) in [6.45, 7) is 2.31. The van der Waals surface area contributed by atoms with Gasteiger partial charge in [-0.2, -0.15) is 0 Å². The molecule has 0 amide bonds. The number of aliphatic hydroxyl groups is 2. The highest BCUT2D eigenvalue weighted by Crippen LogP contribution is 2.36. The molecule has 0 saturated carbocycles. The van der Waals surface area contributed by atoms with E-state index < -0.39 is 28.4 Å². The summed E-state index contributed by atoms with van der Waals surface area (Å²) in [5.41, 5.74) is -0.583. The Morgan fingerprint density at radius 3 is 2.79 bits per heavy atom. The number of hydroxylamine groups is 3. The second-order valence-electron chi connectivity index (χ2n) is 6.59. The highest BCUT2D eigenvalue weighted by Gasteiger charge is 2.48. The molecule has 0 radical (unpaired) electrons. The number of hydrogen-bond donors (Lipinski definition) is 2. The topological polar surface area (TPSA) is 89.8 Å². The fraction of sp³-hybridized carbons (Fsp3) is 0.500. The average molecular weight is 333 g/mol. The first-order valence-corrected chi connectivity index (χ1v) is 8.30. The van der Waals surface area contributed by atoms with E-state index in [0.717, 1.165) is 0 Å². The molecular weight excluding hydrogens is 310 g/mol. The third kappa shape index (κ3) is 2.75. The number of aliphatic hydroxyl groups excluding tert-OH is 1. The molecule has 0 aliphatic carbocycles. The summed E-state index contributed by atoms with van der Waals surface area (Å²) >= 11 is 0. The van der Waals surface area contributed by atoms with E-state index in [9.17, 15) is 20.2 Å². The largest absolute Gasteiger partial charge is 0.632 e. The summed E-state index contributed by atoms with van der Waals surface area (Å²) in [5, 5.41) is 33.3. The van der Waals surface area contributed by atoms with Crippen LogP contribution in [0.2, 0.25) is 0 Å². The molecule has 2 heterocycles. The van der Waals surface area contributed by atoms with Crippen LogP contribution in [0.15, 0.2) is 42.0 Å². The molecular formula is C18H23NO5. The van der Waals surface area contributed by atoms with Crippen LogP contribution in [0, 0.1) is 5.21 Å². The minimum atomic E-state index is -1.71. The van der Waals surface area contributed by atoms with E-state index >= 15 is 0 Å². The van der Waals surface area contributed by atoms with Crippen molar-refractivity contribution in [1.82, 2.24) is 0 Å². The highest BCUT2D eigenvalue weighted by atomic mass is 16.6. The smallest absolute Gasteiger partial charge is 0.343 e. The quantitative estimate of drug-likeness (QED) is 0.366. The standard InChI is InChI=1S/C18H23NO5/c1-2-18(22,14-6-4-3-5-7-14)17(21)24-12-13-8-10-19(23)11-9-15(20)16(13)19/h3-8,15-16,20,22H,2,9-12H2,1H3/t15-,16+,18+,19?/m0/s1. The molecule has 2 aliphatic rings. The number of carbonyl (C=O) groups is 1. The number of benzene rings is 1.